The number of amides is 1. The summed E-state index contributed by atoms with van der Waals surface area (Å²) in [5.74, 6) is -0.426. The van der Waals surface area contributed by atoms with Gasteiger partial charge in [0.25, 0.3) is 0 Å². The number of pyridine rings is 1. The number of anilines is 1. The molecule has 0 aromatic carbocycles. The molecule has 132 valence electrons. The SMILES string of the molecule is COc1cnc(N)c(F)c1C1=CCN(C(=O)OC(C)(C)C)CCC1. The molecular weight excluding hydrogens is 313 g/mol. The third-order valence-corrected chi connectivity index (χ3v) is 3.64. The van der Waals surface area contributed by atoms with E-state index in [9.17, 15) is 9.18 Å². The van der Waals surface area contributed by atoms with Crippen molar-refractivity contribution in [1.29, 1.82) is 0 Å². The first-order chi connectivity index (χ1) is 11.2. The highest BCUT2D eigenvalue weighted by molar-refractivity contribution is 5.74. The van der Waals surface area contributed by atoms with Crippen molar-refractivity contribution in [1.82, 2.24) is 9.88 Å². The second-order valence-electron chi connectivity index (χ2n) is 6.66. The standard InChI is InChI=1S/C17H24FN3O3/c1-17(2,3)24-16(22)21-8-5-6-11(7-9-21)13-12(23-4)10-20-15(19)14(13)18/h7,10H,5-6,8-9H2,1-4H3,(H2,19,20). The molecule has 0 saturated carbocycles. The molecule has 24 heavy (non-hydrogen) atoms. The van der Waals surface area contributed by atoms with Gasteiger partial charge >= 0.3 is 6.09 Å². The van der Waals surface area contributed by atoms with E-state index in [2.05, 4.69) is 4.98 Å². The first kappa shape index (κ1) is 18.0. The number of nitrogens with zero attached hydrogens (tertiary/aromatic N) is 2. The third-order valence-electron chi connectivity index (χ3n) is 3.64. The fraction of sp³-hybridized carbons (Fsp3) is 0.529. The molecule has 0 atom stereocenters. The van der Waals surface area contributed by atoms with E-state index in [4.69, 9.17) is 15.2 Å². The number of hydrogen-bond donors (Lipinski definition) is 1. The third kappa shape index (κ3) is 4.15. The van der Waals surface area contributed by atoms with Gasteiger partial charge in [0.05, 0.1) is 18.9 Å². The number of nitrogens with two attached hydrogens (primary N) is 1. The molecular formula is C17H24FN3O3. The monoisotopic (exact) mass is 337 g/mol. The fourth-order valence-electron chi connectivity index (χ4n) is 2.53. The molecule has 2 N–H and O–H groups in total. The Kier molecular flexibility index (Phi) is 5.31. The molecule has 0 unspecified atom stereocenters. The summed E-state index contributed by atoms with van der Waals surface area (Å²) in [6.07, 6.45) is 4.15. The molecule has 1 aromatic rings. The Hall–Kier alpha value is -2.31. The van der Waals surface area contributed by atoms with Crippen LogP contribution in [-0.4, -0.2) is 41.8 Å². The zero-order chi connectivity index (χ0) is 17.9. The number of ether oxygens (including phenoxy) is 2. The maximum Gasteiger partial charge on any atom is 0.410 e. The maximum atomic E-state index is 14.4. The summed E-state index contributed by atoms with van der Waals surface area (Å²) >= 11 is 0. The van der Waals surface area contributed by atoms with Crippen LogP contribution in [0.3, 0.4) is 0 Å². The predicted octanol–water partition coefficient (Wildman–Crippen LogP) is 3.23. The molecule has 0 bridgehead atoms. The Morgan fingerprint density at radius 2 is 2.12 bits per heavy atom. The molecule has 0 radical (unpaired) electrons. The van der Waals surface area contributed by atoms with E-state index in [1.54, 1.807) is 4.90 Å². The average molecular weight is 337 g/mol. The molecule has 1 aromatic heterocycles. The van der Waals surface area contributed by atoms with Crippen LogP contribution in [0.15, 0.2) is 12.3 Å². The lowest BCUT2D eigenvalue weighted by Crippen LogP contribution is -2.37. The largest absolute Gasteiger partial charge is 0.494 e. The molecule has 1 aliphatic heterocycles. The average Bonchev–Trinajstić information content (AvgIpc) is 2.74. The highest BCUT2D eigenvalue weighted by Gasteiger charge is 2.25. The van der Waals surface area contributed by atoms with Crippen molar-refractivity contribution in [2.45, 2.75) is 39.2 Å². The Bertz CT molecular complexity index is 653. The van der Waals surface area contributed by atoms with Gasteiger partial charge in [-0.1, -0.05) is 6.08 Å². The van der Waals surface area contributed by atoms with Gasteiger partial charge in [0.15, 0.2) is 11.6 Å². The highest BCUT2D eigenvalue weighted by atomic mass is 19.1. The van der Waals surface area contributed by atoms with E-state index in [0.717, 1.165) is 5.57 Å². The smallest absolute Gasteiger partial charge is 0.410 e. The quantitative estimate of drug-likeness (QED) is 0.896. The second-order valence-corrected chi connectivity index (χ2v) is 6.66. The van der Waals surface area contributed by atoms with E-state index in [-0.39, 0.29) is 11.9 Å². The summed E-state index contributed by atoms with van der Waals surface area (Å²) in [4.78, 5) is 17.6. The van der Waals surface area contributed by atoms with Crippen molar-refractivity contribution in [3.05, 3.63) is 23.7 Å². The van der Waals surface area contributed by atoms with Crippen molar-refractivity contribution in [2.75, 3.05) is 25.9 Å². The fourth-order valence-corrected chi connectivity index (χ4v) is 2.53. The van der Waals surface area contributed by atoms with Crippen LogP contribution in [0.2, 0.25) is 0 Å². The molecule has 0 spiro atoms. The number of allylic oxidation sites excluding steroid dienone is 1. The summed E-state index contributed by atoms with van der Waals surface area (Å²) < 4.78 is 25.0. The number of methoxy groups -OCH3 is 1. The van der Waals surface area contributed by atoms with E-state index in [1.165, 1.54) is 13.3 Å². The lowest BCUT2D eigenvalue weighted by atomic mass is 10.0. The predicted molar refractivity (Wildman–Crippen MR) is 90.2 cm³/mol. The van der Waals surface area contributed by atoms with Crippen molar-refractivity contribution >= 4 is 17.5 Å². The van der Waals surface area contributed by atoms with Crippen LogP contribution in [0.4, 0.5) is 15.0 Å². The zero-order valence-electron chi connectivity index (χ0n) is 14.6. The number of nitrogen functional groups attached to an aromatic ring is 1. The zero-order valence-corrected chi connectivity index (χ0v) is 14.6. The van der Waals surface area contributed by atoms with Crippen LogP contribution < -0.4 is 10.5 Å². The molecule has 1 amide bonds. The van der Waals surface area contributed by atoms with Crippen molar-refractivity contribution in [2.24, 2.45) is 0 Å². The topological polar surface area (TPSA) is 77.7 Å². The van der Waals surface area contributed by atoms with Crippen molar-refractivity contribution in [3.8, 4) is 5.75 Å². The molecule has 2 rings (SSSR count). The minimum Gasteiger partial charge on any atom is -0.494 e. The van der Waals surface area contributed by atoms with Crippen LogP contribution in [0.25, 0.3) is 5.57 Å². The molecule has 0 saturated heterocycles. The summed E-state index contributed by atoms with van der Waals surface area (Å²) in [5, 5.41) is 0. The molecule has 1 aliphatic rings. The Morgan fingerprint density at radius 3 is 2.75 bits per heavy atom. The summed E-state index contributed by atoms with van der Waals surface area (Å²) in [5.41, 5.74) is 6.10. The van der Waals surface area contributed by atoms with Gasteiger partial charge < -0.3 is 20.1 Å². The van der Waals surface area contributed by atoms with Crippen LogP contribution >= 0.6 is 0 Å². The van der Waals surface area contributed by atoms with Crippen molar-refractivity contribution in [3.63, 3.8) is 0 Å². The number of carbonyl (C=O) groups is 1. The lowest BCUT2D eigenvalue weighted by Gasteiger charge is -2.25. The summed E-state index contributed by atoms with van der Waals surface area (Å²) in [7, 11) is 1.46. The van der Waals surface area contributed by atoms with Crippen LogP contribution in [0.1, 0.15) is 39.2 Å². The highest BCUT2D eigenvalue weighted by Crippen LogP contribution is 2.34. The van der Waals surface area contributed by atoms with Gasteiger partial charge in [0.1, 0.15) is 11.4 Å². The van der Waals surface area contributed by atoms with Crippen LogP contribution in [-0.2, 0) is 4.74 Å². The molecule has 0 fully saturated rings. The van der Waals surface area contributed by atoms with Gasteiger partial charge in [0.2, 0.25) is 0 Å². The van der Waals surface area contributed by atoms with E-state index >= 15 is 0 Å². The molecule has 7 heteroatoms. The minimum atomic E-state index is -0.591. The molecule has 6 nitrogen and oxygen atoms in total. The number of carbonyl (C=O) groups excluding carboxylic acids is 1. The first-order valence-corrected chi connectivity index (χ1v) is 7.88. The number of halogens is 1. The van der Waals surface area contributed by atoms with E-state index < -0.39 is 11.4 Å². The Balaban J connectivity index is 2.25. The Labute approximate surface area is 141 Å². The van der Waals surface area contributed by atoms with Crippen molar-refractivity contribution < 1.29 is 18.7 Å². The number of aromatic nitrogens is 1. The lowest BCUT2D eigenvalue weighted by molar-refractivity contribution is 0.0273. The Morgan fingerprint density at radius 1 is 1.42 bits per heavy atom. The molecule has 2 heterocycles. The molecule has 0 aliphatic carbocycles. The van der Waals surface area contributed by atoms with Gasteiger partial charge in [-0.3, -0.25) is 0 Å². The summed E-state index contributed by atoms with van der Waals surface area (Å²) in [6.45, 7) is 6.35. The maximum absolute atomic E-state index is 14.4. The minimum absolute atomic E-state index is 0.167. The van der Waals surface area contributed by atoms with Gasteiger partial charge in [-0.2, -0.15) is 0 Å². The van der Waals surface area contributed by atoms with Gasteiger partial charge in [-0.15, -0.1) is 0 Å². The van der Waals surface area contributed by atoms with Gasteiger partial charge in [0, 0.05) is 13.1 Å². The summed E-state index contributed by atoms with van der Waals surface area (Å²) in [6, 6.07) is 0. The normalized spacial score (nSPS) is 15.5. The van der Waals surface area contributed by atoms with Crippen LogP contribution in [0, 0.1) is 5.82 Å². The van der Waals surface area contributed by atoms with E-state index in [0.29, 0.717) is 37.2 Å². The van der Waals surface area contributed by atoms with E-state index in [1.807, 2.05) is 26.8 Å². The van der Waals surface area contributed by atoms with Gasteiger partial charge in [-0.25, -0.2) is 14.2 Å². The second kappa shape index (κ2) is 7.07. The van der Waals surface area contributed by atoms with Gasteiger partial charge in [-0.05, 0) is 39.2 Å². The first-order valence-electron chi connectivity index (χ1n) is 7.88. The van der Waals surface area contributed by atoms with Crippen LogP contribution in [0.5, 0.6) is 5.75 Å². The number of hydrogen-bond acceptors (Lipinski definition) is 5. The number of rotatable bonds is 2.